The van der Waals surface area contributed by atoms with Gasteiger partial charge in [0.2, 0.25) is 5.89 Å². The minimum absolute atomic E-state index is 0.468. The first-order valence-corrected chi connectivity index (χ1v) is 5.60. The molecule has 16 heavy (non-hydrogen) atoms. The molecule has 0 radical (unpaired) electrons. The van der Waals surface area contributed by atoms with Gasteiger partial charge in [-0.2, -0.15) is 4.98 Å². The average molecular weight is 283 g/mol. The Bertz CT molecular complexity index is 497. The Kier molecular flexibility index (Phi) is 3.19. The topological polar surface area (TPSA) is 63.8 Å². The molecule has 6 heteroatoms. The molecule has 0 aromatic carbocycles. The van der Waals surface area contributed by atoms with Crippen LogP contribution in [0, 0.1) is 13.8 Å². The van der Waals surface area contributed by atoms with Gasteiger partial charge in [-0.15, -0.1) is 0 Å². The molecule has 0 saturated carbocycles. The standard InChI is InChI=1S/C10H11BrN4O/c1-6-3-4-12-10(9(6)11)13-5-8-14-7(2)15-16-8/h3-4H,5H2,1-2H3,(H,12,13). The third-order valence-corrected chi connectivity index (χ3v) is 3.06. The lowest BCUT2D eigenvalue weighted by Crippen LogP contribution is -2.02. The molecular weight excluding hydrogens is 272 g/mol. The summed E-state index contributed by atoms with van der Waals surface area (Å²) < 4.78 is 5.94. The van der Waals surface area contributed by atoms with Crippen LogP contribution in [0.25, 0.3) is 0 Å². The van der Waals surface area contributed by atoms with Crippen LogP contribution in [0.3, 0.4) is 0 Å². The number of hydrogen-bond donors (Lipinski definition) is 1. The molecule has 84 valence electrons. The third-order valence-electron chi connectivity index (χ3n) is 2.06. The summed E-state index contributed by atoms with van der Waals surface area (Å²) in [6.45, 7) is 4.26. The van der Waals surface area contributed by atoms with E-state index in [1.807, 2.05) is 13.0 Å². The van der Waals surface area contributed by atoms with Gasteiger partial charge in [-0.1, -0.05) is 5.16 Å². The van der Waals surface area contributed by atoms with Crippen molar-refractivity contribution in [2.24, 2.45) is 0 Å². The molecule has 0 unspecified atom stereocenters. The number of nitrogens with one attached hydrogen (secondary N) is 1. The fraction of sp³-hybridized carbons (Fsp3) is 0.300. The van der Waals surface area contributed by atoms with Gasteiger partial charge < -0.3 is 9.84 Å². The van der Waals surface area contributed by atoms with Gasteiger partial charge in [0.15, 0.2) is 5.82 Å². The summed E-state index contributed by atoms with van der Waals surface area (Å²) >= 11 is 3.47. The molecule has 0 spiro atoms. The highest BCUT2D eigenvalue weighted by Gasteiger charge is 2.06. The second-order valence-electron chi connectivity index (χ2n) is 3.38. The molecule has 0 saturated heterocycles. The summed E-state index contributed by atoms with van der Waals surface area (Å²) in [5, 5.41) is 6.84. The molecule has 0 amide bonds. The zero-order valence-electron chi connectivity index (χ0n) is 8.99. The molecule has 5 nitrogen and oxygen atoms in total. The Morgan fingerprint density at radius 1 is 1.44 bits per heavy atom. The van der Waals surface area contributed by atoms with Crippen molar-refractivity contribution in [3.63, 3.8) is 0 Å². The predicted molar refractivity (Wildman–Crippen MR) is 63.0 cm³/mol. The number of anilines is 1. The SMILES string of the molecule is Cc1noc(CNc2nccc(C)c2Br)n1. The van der Waals surface area contributed by atoms with Gasteiger partial charge in [-0.25, -0.2) is 4.98 Å². The Morgan fingerprint density at radius 3 is 2.94 bits per heavy atom. The molecule has 2 aromatic rings. The normalized spacial score (nSPS) is 10.4. The minimum Gasteiger partial charge on any atom is -0.360 e. The van der Waals surface area contributed by atoms with Crippen molar-refractivity contribution < 1.29 is 4.52 Å². The van der Waals surface area contributed by atoms with Crippen molar-refractivity contribution in [2.75, 3.05) is 5.32 Å². The summed E-state index contributed by atoms with van der Waals surface area (Å²) in [5.74, 6) is 1.96. The smallest absolute Gasteiger partial charge is 0.245 e. The van der Waals surface area contributed by atoms with Crippen LogP contribution in [0.2, 0.25) is 0 Å². The van der Waals surface area contributed by atoms with E-state index in [1.165, 1.54) is 0 Å². The Labute approximate surface area is 101 Å². The van der Waals surface area contributed by atoms with E-state index in [1.54, 1.807) is 13.1 Å². The molecule has 2 rings (SSSR count). The van der Waals surface area contributed by atoms with Crippen molar-refractivity contribution >= 4 is 21.7 Å². The number of pyridine rings is 1. The Hall–Kier alpha value is -1.43. The van der Waals surface area contributed by atoms with Crippen LogP contribution in [0.15, 0.2) is 21.3 Å². The number of aromatic nitrogens is 3. The van der Waals surface area contributed by atoms with E-state index in [9.17, 15) is 0 Å². The van der Waals surface area contributed by atoms with Crippen LogP contribution >= 0.6 is 15.9 Å². The summed E-state index contributed by atoms with van der Waals surface area (Å²) in [5.41, 5.74) is 1.12. The largest absolute Gasteiger partial charge is 0.360 e. The molecule has 0 aliphatic rings. The van der Waals surface area contributed by atoms with Gasteiger partial charge >= 0.3 is 0 Å². The molecular formula is C10H11BrN4O. The number of aryl methyl sites for hydroxylation is 2. The maximum Gasteiger partial charge on any atom is 0.245 e. The van der Waals surface area contributed by atoms with Gasteiger partial charge in [0, 0.05) is 6.20 Å². The van der Waals surface area contributed by atoms with Gasteiger partial charge in [-0.05, 0) is 41.4 Å². The zero-order valence-corrected chi connectivity index (χ0v) is 10.6. The molecule has 0 atom stereocenters. The van der Waals surface area contributed by atoms with Crippen molar-refractivity contribution in [1.82, 2.24) is 15.1 Å². The van der Waals surface area contributed by atoms with Gasteiger partial charge in [-0.3, -0.25) is 0 Å². The lowest BCUT2D eigenvalue weighted by atomic mass is 10.3. The van der Waals surface area contributed by atoms with E-state index < -0.39 is 0 Å². The fourth-order valence-corrected chi connectivity index (χ4v) is 1.61. The second-order valence-corrected chi connectivity index (χ2v) is 4.17. The number of rotatable bonds is 3. The highest BCUT2D eigenvalue weighted by molar-refractivity contribution is 9.10. The van der Waals surface area contributed by atoms with Crippen molar-refractivity contribution in [1.29, 1.82) is 0 Å². The van der Waals surface area contributed by atoms with Gasteiger partial charge in [0.05, 0.1) is 11.0 Å². The van der Waals surface area contributed by atoms with E-state index in [0.29, 0.717) is 18.3 Å². The van der Waals surface area contributed by atoms with E-state index in [-0.39, 0.29) is 0 Å². The first-order chi connectivity index (χ1) is 7.66. The van der Waals surface area contributed by atoms with Crippen LogP contribution in [0.5, 0.6) is 0 Å². The fourth-order valence-electron chi connectivity index (χ4n) is 1.23. The summed E-state index contributed by atoms with van der Waals surface area (Å²) in [6.07, 6.45) is 1.75. The monoisotopic (exact) mass is 282 g/mol. The molecule has 2 heterocycles. The highest BCUT2D eigenvalue weighted by atomic mass is 79.9. The lowest BCUT2D eigenvalue weighted by molar-refractivity contribution is 0.379. The average Bonchev–Trinajstić information content (AvgIpc) is 2.67. The zero-order chi connectivity index (χ0) is 11.5. The first kappa shape index (κ1) is 11.1. The quantitative estimate of drug-likeness (QED) is 0.937. The van der Waals surface area contributed by atoms with Crippen LogP contribution < -0.4 is 5.32 Å². The number of halogens is 1. The third kappa shape index (κ3) is 2.38. The minimum atomic E-state index is 0.468. The predicted octanol–water partition coefficient (Wildman–Crippen LogP) is 2.46. The molecule has 0 bridgehead atoms. The molecule has 0 fully saturated rings. The Balaban J connectivity index is 2.07. The highest BCUT2D eigenvalue weighted by Crippen LogP contribution is 2.23. The van der Waals surface area contributed by atoms with E-state index in [2.05, 4.69) is 36.4 Å². The van der Waals surface area contributed by atoms with Crippen LogP contribution in [-0.2, 0) is 6.54 Å². The molecule has 0 aliphatic carbocycles. The van der Waals surface area contributed by atoms with E-state index >= 15 is 0 Å². The van der Waals surface area contributed by atoms with Gasteiger partial charge in [0.1, 0.15) is 5.82 Å². The number of nitrogens with zero attached hydrogens (tertiary/aromatic N) is 3. The maximum absolute atomic E-state index is 4.99. The summed E-state index contributed by atoms with van der Waals surface area (Å²) in [6, 6.07) is 1.94. The maximum atomic E-state index is 4.99. The lowest BCUT2D eigenvalue weighted by Gasteiger charge is -2.06. The molecule has 0 aliphatic heterocycles. The summed E-state index contributed by atoms with van der Waals surface area (Å²) in [7, 11) is 0. The number of hydrogen-bond acceptors (Lipinski definition) is 5. The van der Waals surface area contributed by atoms with E-state index in [0.717, 1.165) is 15.9 Å². The Morgan fingerprint density at radius 2 is 2.25 bits per heavy atom. The van der Waals surface area contributed by atoms with Crippen molar-refractivity contribution in [2.45, 2.75) is 20.4 Å². The van der Waals surface area contributed by atoms with Crippen LogP contribution in [0.1, 0.15) is 17.3 Å². The van der Waals surface area contributed by atoms with Crippen molar-refractivity contribution in [3.8, 4) is 0 Å². The molecule has 1 N–H and O–H groups in total. The first-order valence-electron chi connectivity index (χ1n) is 4.81. The van der Waals surface area contributed by atoms with Gasteiger partial charge in [0.25, 0.3) is 0 Å². The van der Waals surface area contributed by atoms with Crippen LogP contribution in [-0.4, -0.2) is 15.1 Å². The van der Waals surface area contributed by atoms with Crippen LogP contribution in [0.4, 0.5) is 5.82 Å². The van der Waals surface area contributed by atoms with E-state index in [4.69, 9.17) is 4.52 Å². The second kappa shape index (κ2) is 4.61. The van der Waals surface area contributed by atoms with Crippen molar-refractivity contribution in [3.05, 3.63) is 34.0 Å². The molecule has 2 aromatic heterocycles. The summed E-state index contributed by atoms with van der Waals surface area (Å²) in [4.78, 5) is 8.31.